The van der Waals surface area contributed by atoms with Crippen molar-refractivity contribution in [2.75, 3.05) is 31.6 Å². The zero-order valence-electron chi connectivity index (χ0n) is 17.3. The molecule has 0 amide bonds. The first kappa shape index (κ1) is 19.3. The molecule has 3 saturated heterocycles. The molecule has 3 fully saturated rings. The number of aromatic nitrogens is 2. The molecule has 3 aliphatic heterocycles. The Hall–Kier alpha value is -2.67. The Balaban J connectivity index is 1.36. The number of benzene rings is 1. The molecule has 2 bridgehead atoms. The van der Waals surface area contributed by atoms with Crippen molar-refractivity contribution in [2.24, 2.45) is 11.8 Å². The van der Waals surface area contributed by atoms with Crippen LogP contribution in [-0.2, 0) is 0 Å². The lowest BCUT2D eigenvalue weighted by Gasteiger charge is -2.55. The lowest BCUT2D eigenvalue weighted by atomic mass is 9.74. The SMILES string of the molecule is COc1ccc([C@H]2CCC[C@H]3[C@@H]4C[C@@H](CN(c5cncc(C(=O)O)n5)C4)CN23)cc1. The second kappa shape index (κ2) is 7.87. The number of hydrogen-bond acceptors (Lipinski definition) is 6. The van der Waals surface area contributed by atoms with Gasteiger partial charge in [-0.15, -0.1) is 0 Å². The first-order valence-corrected chi connectivity index (χ1v) is 10.8. The minimum absolute atomic E-state index is 0.0158. The van der Waals surface area contributed by atoms with Gasteiger partial charge in [0.2, 0.25) is 0 Å². The van der Waals surface area contributed by atoms with Crippen LogP contribution >= 0.6 is 0 Å². The number of rotatable bonds is 4. The minimum atomic E-state index is -1.03. The van der Waals surface area contributed by atoms with E-state index in [1.54, 1.807) is 13.3 Å². The van der Waals surface area contributed by atoms with Gasteiger partial charge in [-0.2, -0.15) is 0 Å². The topological polar surface area (TPSA) is 78.8 Å². The van der Waals surface area contributed by atoms with Crippen LogP contribution in [0.3, 0.4) is 0 Å². The van der Waals surface area contributed by atoms with Crippen LogP contribution in [0.4, 0.5) is 5.82 Å². The van der Waals surface area contributed by atoms with Gasteiger partial charge in [-0.05, 0) is 55.2 Å². The maximum atomic E-state index is 11.3. The van der Waals surface area contributed by atoms with Crippen LogP contribution in [0.2, 0.25) is 0 Å². The van der Waals surface area contributed by atoms with Crippen molar-refractivity contribution < 1.29 is 14.6 Å². The van der Waals surface area contributed by atoms with Crippen molar-refractivity contribution in [1.82, 2.24) is 14.9 Å². The summed E-state index contributed by atoms with van der Waals surface area (Å²) in [7, 11) is 1.71. The van der Waals surface area contributed by atoms with E-state index in [1.807, 2.05) is 0 Å². The first-order valence-electron chi connectivity index (χ1n) is 10.8. The summed E-state index contributed by atoms with van der Waals surface area (Å²) in [5.74, 6) is 1.72. The van der Waals surface area contributed by atoms with Gasteiger partial charge in [0.25, 0.3) is 0 Å². The van der Waals surface area contributed by atoms with Crippen LogP contribution in [0, 0.1) is 11.8 Å². The Morgan fingerprint density at radius 1 is 1.13 bits per heavy atom. The highest BCUT2D eigenvalue weighted by molar-refractivity contribution is 5.85. The molecule has 2 aromatic rings. The van der Waals surface area contributed by atoms with E-state index in [0.717, 1.165) is 25.4 Å². The molecule has 3 aliphatic rings. The number of piperidine rings is 3. The van der Waals surface area contributed by atoms with Gasteiger partial charge >= 0.3 is 5.97 Å². The third-order valence-corrected chi connectivity index (χ3v) is 7.05. The molecule has 4 heterocycles. The number of fused-ring (bicyclic) bond motifs is 4. The standard InChI is InChI=1S/C23H28N4O3/c1-30-18-7-5-16(6-8-18)20-3-2-4-21-17-9-15(13-27(20)21)12-26(14-17)22-11-24-10-19(25-22)23(28)29/h5-8,10-11,15,17,20-21H,2-4,9,12-14H2,1H3,(H,28,29)/t15-,17+,20+,21-/m0/s1. The minimum Gasteiger partial charge on any atom is -0.497 e. The molecule has 5 rings (SSSR count). The molecule has 7 heteroatoms. The van der Waals surface area contributed by atoms with E-state index >= 15 is 0 Å². The van der Waals surface area contributed by atoms with Crippen molar-refractivity contribution in [1.29, 1.82) is 0 Å². The summed E-state index contributed by atoms with van der Waals surface area (Å²) in [6.45, 7) is 2.91. The summed E-state index contributed by atoms with van der Waals surface area (Å²) in [6.07, 6.45) is 7.95. The molecule has 1 N–H and O–H groups in total. The molecule has 0 unspecified atom stereocenters. The lowest BCUT2D eigenvalue weighted by Crippen LogP contribution is -2.59. The van der Waals surface area contributed by atoms with Crippen LogP contribution in [0.5, 0.6) is 5.75 Å². The maximum absolute atomic E-state index is 11.3. The number of carboxylic acids is 1. The lowest BCUT2D eigenvalue weighted by molar-refractivity contribution is -0.0201. The molecule has 30 heavy (non-hydrogen) atoms. The second-order valence-corrected chi connectivity index (χ2v) is 8.82. The van der Waals surface area contributed by atoms with Crippen molar-refractivity contribution in [3.63, 3.8) is 0 Å². The molecule has 0 aliphatic carbocycles. The molecule has 4 atom stereocenters. The quantitative estimate of drug-likeness (QED) is 0.832. The third-order valence-electron chi connectivity index (χ3n) is 7.05. The van der Waals surface area contributed by atoms with E-state index in [4.69, 9.17) is 4.74 Å². The predicted octanol–water partition coefficient (Wildman–Crippen LogP) is 3.24. The van der Waals surface area contributed by atoms with Crippen molar-refractivity contribution >= 4 is 11.8 Å². The molecule has 1 aromatic carbocycles. The van der Waals surface area contributed by atoms with E-state index in [1.165, 1.54) is 37.4 Å². The van der Waals surface area contributed by atoms with E-state index in [9.17, 15) is 9.90 Å². The van der Waals surface area contributed by atoms with Gasteiger partial charge in [-0.3, -0.25) is 9.88 Å². The van der Waals surface area contributed by atoms with Crippen molar-refractivity contribution in [3.05, 3.63) is 47.9 Å². The van der Waals surface area contributed by atoms with Gasteiger partial charge in [0.1, 0.15) is 11.6 Å². The average molecular weight is 409 g/mol. The Labute approximate surface area is 176 Å². The molecule has 0 saturated carbocycles. The number of nitrogens with zero attached hydrogens (tertiary/aromatic N) is 4. The molecule has 0 radical (unpaired) electrons. The number of aromatic carboxylic acids is 1. The third kappa shape index (κ3) is 3.51. The number of ether oxygens (including phenoxy) is 1. The highest BCUT2D eigenvalue weighted by atomic mass is 16.5. The van der Waals surface area contributed by atoms with Gasteiger partial charge in [0, 0.05) is 31.7 Å². The second-order valence-electron chi connectivity index (χ2n) is 8.82. The van der Waals surface area contributed by atoms with Gasteiger partial charge < -0.3 is 14.7 Å². The smallest absolute Gasteiger partial charge is 0.356 e. The van der Waals surface area contributed by atoms with E-state index in [-0.39, 0.29) is 5.69 Å². The van der Waals surface area contributed by atoms with Crippen LogP contribution < -0.4 is 9.64 Å². The number of carbonyl (C=O) groups is 1. The fraction of sp³-hybridized carbons (Fsp3) is 0.522. The number of anilines is 1. The van der Waals surface area contributed by atoms with Gasteiger partial charge in [0.05, 0.1) is 19.5 Å². The molecule has 158 valence electrons. The Bertz CT molecular complexity index is 919. The van der Waals surface area contributed by atoms with E-state index in [0.29, 0.717) is 29.7 Å². The summed E-state index contributed by atoms with van der Waals surface area (Å²) in [4.78, 5) is 24.8. The van der Waals surface area contributed by atoms with Crippen molar-refractivity contribution in [2.45, 2.75) is 37.8 Å². The van der Waals surface area contributed by atoms with Gasteiger partial charge in [-0.25, -0.2) is 9.78 Å². The fourth-order valence-electron chi connectivity index (χ4n) is 5.79. The van der Waals surface area contributed by atoms with Crippen molar-refractivity contribution in [3.8, 4) is 5.75 Å². The summed E-state index contributed by atoms with van der Waals surface area (Å²) < 4.78 is 5.33. The highest BCUT2D eigenvalue weighted by Crippen LogP contribution is 2.45. The summed E-state index contributed by atoms with van der Waals surface area (Å²) >= 11 is 0. The molecular weight excluding hydrogens is 380 g/mol. The van der Waals surface area contributed by atoms with Crippen LogP contribution in [0.1, 0.15) is 47.8 Å². The van der Waals surface area contributed by atoms with Crippen LogP contribution in [0.25, 0.3) is 0 Å². The summed E-state index contributed by atoms with van der Waals surface area (Å²) in [6, 6.07) is 9.62. The average Bonchev–Trinajstić information content (AvgIpc) is 2.79. The molecule has 1 aromatic heterocycles. The van der Waals surface area contributed by atoms with Gasteiger partial charge in [-0.1, -0.05) is 12.1 Å². The summed E-state index contributed by atoms with van der Waals surface area (Å²) in [5.41, 5.74) is 1.40. The largest absolute Gasteiger partial charge is 0.497 e. The Morgan fingerprint density at radius 2 is 1.97 bits per heavy atom. The zero-order chi connectivity index (χ0) is 20.7. The van der Waals surface area contributed by atoms with Crippen LogP contribution in [0.15, 0.2) is 36.7 Å². The fourth-order valence-corrected chi connectivity index (χ4v) is 5.79. The Morgan fingerprint density at radius 3 is 2.73 bits per heavy atom. The number of carboxylic acid groups (broad SMARTS) is 1. The first-order chi connectivity index (χ1) is 14.6. The Kier molecular flexibility index (Phi) is 5.06. The van der Waals surface area contributed by atoms with E-state index in [2.05, 4.69) is 44.0 Å². The van der Waals surface area contributed by atoms with Gasteiger partial charge in [0.15, 0.2) is 5.69 Å². The maximum Gasteiger partial charge on any atom is 0.356 e. The summed E-state index contributed by atoms with van der Waals surface area (Å²) in [5, 5.41) is 9.26. The number of methoxy groups -OCH3 is 1. The normalized spacial score (nSPS) is 28.6. The zero-order valence-corrected chi connectivity index (χ0v) is 17.3. The van der Waals surface area contributed by atoms with E-state index < -0.39 is 5.97 Å². The highest BCUT2D eigenvalue weighted by Gasteiger charge is 2.45. The molecule has 0 spiro atoms. The predicted molar refractivity (Wildman–Crippen MR) is 113 cm³/mol. The number of hydrogen-bond donors (Lipinski definition) is 1. The van der Waals surface area contributed by atoms with Crippen LogP contribution in [-0.4, -0.2) is 58.7 Å². The monoisotopic (exact) mass is 408 g/mol. The molecule has 7 nitrogen and oxygen atoms in total. The molecular formula is C23H28N4O3.